The molecule has 0 radical (unpaired) electrons. The molecule has 0 amide bonds. The third kappa shape index (κ3) is 6.10. The molecule has 0 spiro atoms. The fourth-order valence-corrected chi connectivity index (χ4v) is 1.56. The smallest absolute Gasteiger partial charge is 0.127 e. The monoisotopic (exact) mass is 254 g/mol. The third-order valence-electron chi connectivity index (χ3n) is 2.62. The van der Waals surface area contributed by atoms with Crippen molar-refractivity contribution in [1.29, 1.82) is 0 Å². The zero-order chi connectivity index (χ0) is 13.4. The Morgan fingerprint density at radius 1 is 1.28 bits per heavy atom. The molecule has 0 saturated heterocycles. The summed E-state index contributed by atoms with van der Waals surface area (Å²) in [5, 5.41) is 3.18. The minimum atomic E-state index is -0.151. The van der Waals surface area contributed by atoms with E-state index in [1.54, 1.807) is 6.07 Å². The number of halogens is 1. The Morgan fingerprint density at radius 2 is 2.06 bits per heavy atom. The Balaban J connectivity index is 2.12. The lowest BCUT2D eigenvalue weighted by atomic mass is 10.1. The minimum absolute atomic E-state index is 0.151. The molecule has 1 aromatic rings. The lowest BCUT2D eigenvalue weighted by molar-refractivity contribution is 0.119. The van der Waals surface area contributed by atoms with Crippen LogP contribution in [0.5, 0.6) is 0 Å². The summed E-state index contributed by atoms with van der Waals surface area (Å²) in [6.07, 6.45) is 0. The van der Waals surface area contributed by atoms with Crippen LogP contribution in [0, 0.1) is 12.7 Å². The summed E-state index contributed by atoms with van der Waals surface area (Å²) in [6, 6.07) is 5.17. The average molecular weight is 254 g/mol. The van der Waals surface area contributed by atoms with Crippen LogP contribution in [0.15, 0.2) is 18.2 Å². The maximum atomic E-state index is 13.4. The highest BCUT2D eigenvalue weighted by Crippen LogP contribution is 2.09. The number of aryl methyl sites for hydroxylation is 1. The van der Waals surface area contributed by atoms with Crippen molar-refractivity contribution in [2.75, 3.05) is 40.4 Å². The van der Waals surface area contributed by atoms with Gasteiger partial charge in [0.15, 0.2) is 0 Å². The molecule has 0 saturated carbocycles. The number of nitrogens with one attached hydrogen (secondary N) is 1. The molecule has 0 aliphatic heterocycles. The Kier molecular flexibility index (Phi) is 6.86. The van der Waals surface area contributed by atoms with Gasteiger partial charge in [-0.3, -0.25) is 0 Å². The van der Waals surface area contributed by atoms with Gasteiger partial charge in [-0.15, -0.1) is 0 Å². The summed E-state index contributed by atoms with van der Waals surface area (Å²) >= 11 is 0. The fraction of sp³-hybridized carbons (Fsp3) is 0.571. The summed E-state index contributed by atoms with van der Waals surface area (Å²) in [4.78, 5) is 2.08. The van der Waals surface area contributed by atoms with Gasteiger partial charge in [-0.05, 0) is 27.1 Å². The zero-order valence-corrected chi connectivity index (χ0v) is 11.5. The SMILES string of the molecule is Cc1ccc(F)c(CNCCOCCN(C)C)c1. The molecule has 18 heavy (non-hydrogen) atoms. The van der Waals surface area contributed by atoms with Crippen molar-refractivity contribution in [2.45, 2.75) is 13.5 Å². The molecule has 0 aliphatic rings. The molecule has 0 unspecified atom stereocenters. The normalized spacial score (nSPS) is 11.2. The second-order valence-electron chi connectivity index (χ2n) is 4.69. The predicted octanol–water partition coefficient (Wildman–Crippen LogP) is 1.80. The third-order valence-corrected chi connectivity index (χ3v) is 2.62. The predicted molar refractivity (Wildman–Crippen MR) is 72.2 cm³/mol. The molecule has 1 N–H and O–H groups in total. The van der Waals surface area contributed by atoms with Crippen molar-refractivity contribution in [3.8, 4) is 0 Å². The van der Waals surface area contributed by atoms with E-state index in [1.165, 1.54) is 6.07 Å². The van der Waals surface area contributed by atoms with Gasteiger partial charge in [0.1, 0.15) is 5.82 Å². The highest BCUT2D eigenvalue weighted by Gasteiger charge is 2.01. The van der Waals surface area contributed by atoms with Gasteiger partial charge in [-0.2, -0.15) is 0 Å². The van der Waals surface area contributed by atoms with Crippen molar-refractivity contribution in [3.63, 3.8) is 0 Å². The molecular formula is C14H23FN2O. The first-order valence-electron chi connectivity index (χ1n) is 6.28. The topological polar surface area (TPSA) is 24.5 Å². The number of hydrogen-bond donors (Lipinski definition) is 1. The summed E-state index contributed by atoms with van der Waals surface area (Å²) in [5.74, 6) is -0.151. The van der Waals surface area contributed by atoms with Crippen LogP contribution in [-0.2, 0) is 11.3 Å². The van der Waals surface area contributed by atoms with Crippen molar-refractivity contribution >= 4 is 0 Å². The van der Waals surface area contributed by atoms with Gasteiger partial charge in [0.25, 0.3) is 0 Å². The first kappa shape index (κ1) is 15.1. The van der Waals surface area contributed by atoms with Crippen LogP contribution in [0.3, 0.4) is 0 Å². The standard InChI is InChI=1S/C14H23FN2O/c1-12-4-5-14(15)13(10-12)11-16-6-8-18-9-7-17(2)3/h4-5,10,16H,6-9,11H2,1-3H3. The lowest BCUT2D eigenvalue weighted by Gasteiger charge is -2.10. The zero-order valence-electron chi connectivity index (χ0n) is 11.5. The van der Waals surface area contributed by atoms with Gasteiger partial charge in [-0.1, -0.05) is 17.7 Å². The van der Waals surface area contributed by atoms with Gasteiger partial charge < -0.3 is 15.0 Å². The maximum Gasteiger partial charge on any atom is 0.127 e. The second-order valence-corrected chi connectivity index (χ2v) is 4.69. The van der Waals surface area contributed by atoms with E-state index in [9.17, 15) is 4.39 Å². The number of benzene rings is 1. The molecule has 0 atom stereocenters. The number of rotatable bonds is 8. The molecule has 1 rings (SSSR count). The maximum absolute atomic E-state index is 13.4. The van der Waals surface area contributed by atoms with Crippen molar-refractivity contribution in [3.05, 3.63) is 35.1 Å². The molecule has 0 aliphatic carbocycles. The van der Waals surface area contributed by atoms with Gasteiger partial charge in [0.2, 0.25) is 0 Å². The fourth-order valence-electron chi connectivity index (χ4n) is 1.56. The summed E-state index contributed by atoms with van der Waals surface area (Å²) < 4.78 is 18.9. The van der Waals surface area contributed by atoms with E-state index >= 15 is 0 Å². The van der Waals surface area contributed by atoms with E-state index in [-0.39, 0.29) is 5.82 Å². The average Bonchev–Trinajstić information content (AvgIpc) is 2.32. The quantitative estimate of drug-likeness (QED) is 0.716. The highest BCUT2D eigenvalue weighted by atomic mass is 19.1. The van der Waals surface area contributed by atoms with Crippen molar-refractivity contribution < 1.29 is 9.13 Å². The molecule has 4 heteroatoms. The Labute approximate surface area is 109 Å². The van der Waals surface area contributed by atoms with Crippen molar-refractivity contribution in [2.24, 2.45) is 0 Å². The van der Waals surface area contributed by atoms with Gasteiger partial charge >= 0.3 is 0 Å². The molecule has 0 fully saturated rings. The number of likely N-dealkylation sites (N-methyl/N-ethyl adjacent to an activating group) is 1. The van der Waals surface area contributed by atoms with E-state index in [2.05, 4.69) is 10.2 Å². The summed E-state index contributed by atoms with van der Waals surface area (Å²) in [7, 11) is 4.03. The largest absolute Gasteiger partial charge is 0.379 e. The second kappa shape index (κ2) is 8.19. The molecule has 0 heterocycles. The molecule has 1 aromatic carbocycles. The number of hydrogen-bond acceptors (Lipinski definition) is 3. The molecule has 0 aromatic heterocycles. The van der Waals surface area contributed by atoms with Crippen LogP contribution >= 0.6 is 0 Å². The molecule has 0 bridgehead atoms. The Bertz CT molecular complexity index is 356. The first-order chi connectivity index (χ1) is 8.59. The van der Waals surface area contributed by atoms with Crippen LogP contribution < -0.4 is 5.32 Å². The molecular weight excluding hydrogens is 231 g/mol. The minimum Gasteiger partial charge on any atom is -0.379 e. The highest BCUT2D eigenvalue weighted by molar-refractivity contribution is 5.23. The Hall–Kier alpha value is -0.970. The van der Waals surface area contributed by atoms with Crippen molar-refractivity contribution in [1.82, 2.24) is 10.2 Å². The van der Waals surface area contributed by atoms with Gasteiger partial charge in [0, 0.05) is 25.2 Å². The van der Waals surface area contributed by atoms with Crippen LogP contribution in [0.25, 0.3) is 0 Å². The lowest BCUT2D eigenvalue weighted by Crippen LogP contribution is -2.23. The van der Waals surface area contributed by atoms with E-state index in [4.69, 9.17) is 4.74 Å². The Morgan fingerprint density at radius 3 is 2.78 bits per heavy atom. The summed E-state index contributed by atoms with van der Waals surface area (Å²) in [6.45, 7) is 5.56. The van der Waals surface area contributed by atoms with E-state index in [0.717, 1.165) is 25.3 Å². The molecule has 3 nitrogen and oxygen atoms in total. The van der Waals surface area contributed by atoms with E-state index in [0.29, 0.717) is 18.7 Å². The number of ether oxygens (including phenoxy) is 1. The van der Waals surface area contributed by atoms with Crippen LogP contribution in [0.4, 0.5) is 4.39 Å². The van der Waals surface area contributed by atoms with Gasteiger partial charge in [0.05, 0.1) is 13.2 Å². The van der Waals surface area contributed by atoms with Gasteiger partial charge in [-0.25, -0.2) is 4.39 Å². The summed E-state index contributed by atoms with van der Waals surface area (Å²) in [5.41, 5.74) is 1.79. The molecule has 102 valence electrons. The van der Waals surface area contributed by atoms with Crippen LogP contribution in [0.1, 0.15) is 11.1 Å². The van der Waals surface area contributed by atoms with Crippen LogP contribution in [0.2, 0.25) is 0 Å². The first-order valence-corrected chi connectivity index (χ1v) is 6.28. The van der Waals surface area contributed by atoms with E-state index < -0.39 is 0 Å². The number of nitrogens with zero attached hydrogens (tertiary/aromatic N) is 1. The van der Waals surface area contributed by atoms with Crippen LogP contribution in [-0.4, -0.2) is 45.3 Å². The van der Waals surface area contributed by atoms with E-state index in [1.807, 2.05) is 27.1 Å².